The molecule has 0 aromatic carbocycles. The number of amides is 1. The smallest absolute Gasteiger partial charge is 0.415 e. The molecule has 0 fully saturated rings. The van der Waals surface area contributed by atoms with E-state index in [0.29, 0.717) is 0 Å². The summed E-state index contributed by atoms with van der Waals surface area (Å²) >= 11 is 0. The van der Waals surface area contributed by atoms with Crippen LogP contribution in [0.2, 0.25) is 0 Å². The van der Waals surface area contributed by atoms with E-state index in [1.54, 1.807) is 13.8 Å². The second-order valence-electron chi connectivity index (χ2n) is 2.56. The minimum atomic E-state index is -1.06. The molecule has 0 unspecified atom stereocenters. The van der Waals surface area contributed by atoms with Gasteiger partial charge in [0.2, 0.25) is 0 Å². The average Bonchev–Trinajstić information content (AvgIpc) is 2.37. The standard InChI is InChI=1S/C7H10N2O3/c1-5(2)9(7(10)11)6-8-3-4-12-6/h3-5H,1-2H3,(H,10,11). The normalized spacial score (nSPS) is 10.2. The Morgan fingerprint density at radius 3 is 2.75 bits per heavy atom. The summed E-state index contributed by atoms with van der Waals surface area (Å²) in [6, 6.07) is -0.0707. The van der Waals surface area contributed by atoms with Gasteiger partial charge in [0.05, 0.1) is 6.20 Å². The molecule has 0 atom stereocenters. The molecule has 0 radical (unpaired) electrons. The first-order chi connectivity index (χ1) is 5.63. The van der Waals surface area contributed by atoms with Gasteiger partial charge in [-0.1, -0.05) is 0 Å². The molecule has 0 aliphatic carbocycles. The summed E-state index contributed by atoms with van der Waals surface area (Å²) in [6.07, 6.45) is 1.69. The number of oxazole rings is 1. The van der Waals surface area contributed by atoms with Crippen LogP contribution in [0.25, 0.3) is 0 Å². The number of nitrogens with zero attached hydrogens (tertiary/aromatic N) is 2. The lowest BCUT2D eigenvalue weighted by atomic mass is 10.4. The Balaban J connectivity index is 2.88. The van der Waals surface area contributed by atoms with Crippen molar-refractivity contribution in [3.63, 3.8) is 0 Å². The summed E-state index contributed by atoms with van der Waals surface area (Å²) in [5.41, 5.74) is 0. The largest absolute Gasteiger partial charge is 0.465 e. The number of carbonyl (C=O) groups is 1. The van der Waals surface area contributed by atoms with Crippen LogP contribution in [0.15, 0.2) is 16.9 Å². The zero-order valence-corrected chi connectivity index (χ0v) is 6.89. The molecule has 5 nitrogen and oxygen atoms in total. The third kappa shape index (κ3) is 1.55. The SMILES string of the molecule is CC(C)N(C(=O)O)c1ncco1. The quantitative estimate of drug-likeness (QED) is 0.731. The van der Waals surface area contributed by atoms with Crippen molar-refractivity contribution in [3.8, 4) is 0 Å². The highest BCUT2D eigenvalue weighted by Gasteiger charge is 2.21. The van der Waals surface area contributed by atoms with Crippen LogP contribution in [-0.4, -0.2) is 22.2 Å². The monoisotopic (exact) mass is 170 g/mol. The molecule has 1 heterocycles. The van der Waals surface area contributed by atoms with Crippen molar-refractivity contribution in [3.05, 3.63) is 12.5 Å². The van der Waals surface area contributed by atoms with Gasteiger partial charge < -0.3 is 9.52 Å². The molecule has 0 spiro atoms. The van der Waals surface area contributed by atoms with Crippen LogP contribution >= 0.6 is 0 Å². The van der Waals surface area contributed by atoms with Gasteiger partial charge in [-0.05, 0) is 13.8 Å². The van der Waals surface area contributed by atoms with Gasteiger partial charge in [-0.2, -0.15) is 0 Å². The summed E-state index contributed by atoms with van der Waals surface area (Å²) in [7, 11) is 0. The summed E-state index contributed by atoms with van der Waals surface area (Å²) < 4.78 is 4.85. The Labute approximate surface area is 69.6 Å². The van der Waals surface area contributed by atoms with Gasteiger partial charge in [-0.25, -0.2) is 14.7 Å². The lowest BCUT2D eigenvalue weighted by molar-refractivity contribution is 0.198. The summed E-state index contributed by atoms with van der Waals surface area (Å²) in [6.45, 7) is 3.50. The van der Waals surface area contributed by atoms with Crippen LogP contribution in [0.5, 0.6) is 0 Å². The number of carboxylic acid groups (broad SMARTS) is 1. The van der Waals surface area contributed by atoms with Crippen LogP contribution in [-0.2, 0) is 0 Å². The molecule has 12 heavy (non-hydrogen) atoms. The van der Waals surface area contributed by atoms with E-state index < -0.39 is 6.09 Å². The van der Waals surface area contributed by atoms with Gasteiger partial charge in [-0.3, -0.25) is 0 Å². The molecule has 1 amide bonds. The van der Waals surface area contributed by atoms with Crippen LogP contribution in [0.1, 0.15) is 13.8 Å². The van der Waals surface area contributed by atoms with Gasteiger partial charge in [0.15, 0.2) is 0 Å². The number of rotatable bonds is 2. The van der Waals surface area contributed by atoms with Crippen molar-refractivity contribution in [2.75, 3.05) is 4.90 Å². The third-order valence-corrected chi connectivity index (χ3v) is 1.35. The topological polar surface area (TPSA) is 66.6 Å². The second kappa shape index (κ2) is 3.25. The maximum absolute atomic E-state index is 10.7. The van der Waals surface area contributed by atoms with Crippen LogP contribution in [0.4, 0.5) is 10.8 Å². The van der Waals surface area contributed by atoms with Gasteiger partial charge in [-0.15, -0.1) is 0 Å². The van der Waals surface area contributed by atoms with Gasteiger partial charge in [0, 0.05) is 6.04 Å². The molecule has 0 aliphatic rings. The molecular weight excluding hydrogens is 160 g/mol. The fraction of sp³-hybridized carbons (Fsp3) is 0.429. The molecule has 0 aliphatic heterocycles. The predicted molar refractivity (Wildman–Crippen MR) is 42.1 cm³/mol. The van der Waals surface area contributed by atoms with E-state index in [9.17, 15) is 4.79 Å². The second-order valence-corrected chi connectivity index (χ2v) is 2.56. The van der Waals surface area contributed by atoms with Crippen LogP contribution in [0.3, 0.4) is 0 Å². The highest BCUT2D eigenvalue weighted by Crippen LogP contribution is 2.13. The van der Waals surface area contributed by atoms with Crippen LogP contribution < -0.4 is 4.90 Å². The minimum absolute atomic E-state index is 0.109. The van der Waals surface area contributed by atoms with Crippen molar-refractivity contribution < 1.29 is 14.3 Å². The number of anilines is 1. The molecule has 1 rings (SSSR count). The maximum Gasteiger partial charge on any atom is 0.415 e. The zero-order chi connectivity index (χ0) is 9.14. The fourth-order valence-electron chi connectivity index (χ4n) is 0.858. The summed E-state index contributed by atoms with van der Waals surface area (Å²) in [5.74, 6) is 0. The zero-order valence-electron chi connectivity index (χ0n) is 6.89. The van der Waals surface area contributed by atoms with E-state index in [1.807, 2.05) is 0 Å². The summed E-state index contributed by atoms with van der Waals surface area (Å²) in [4.78, 5) is 15.5. The lowest BCUT2D eigenvalue weighted by Crippen LogP contribution is -2.35. The van der Waals surface area contributed by atoms with Crippen molar-refractivity contribution in [2.45, 2.75) is 19.9 Å². The van der Waals surface area contributed by atoms with E-state index in [1.165, 1.54) is 12.5 Å². The van der Waals surface area contributed by atoms with E-state index in [2.05, 4.69) is 4.98 Å². The molecular formula is C7H10N2O3. The first kappa shape index (κ1) is 8.58. The molecule has 0 saturated heterocycles. The number of aromatic nitrogens is 1. The van der Waals surface area contributed by atoms with Crippen molar-refractivity contribution in [2.24, 2.45) is 0 Å². The predicted octanol–water partition coefficient (Wildman–Crippen LogP) is 1.57. The van der Waals surface area contributed by atoms with Gasteiger partial charge in [0.25, 0.3) is 0 Å². The van der Waals surface area contributed by atoms with E-state index in [-0.39, 0.29) is 12.1 Å². The Morgan fingerprint density at radius 2 is 2.42 bits per heavy atom. The van der Waals surface area contributed by atoms with Crippen molar-refractivity contribution in [1.29, 1.82) is 0 Å². The first-order valence-corrected chi connectivity index (χ1v) is 3.54. The van der Waals surface area contributed by atoms with E-state index >= 15 is 0 Å². The lowest BCUT2D eigenvalue weighted by Gasteiger charge is -2.18. The molecule has 0 bridgehead atoms. The number of hydrogen-bond acceptors (Lipinski definition) is 3. The minimum Gasteiger partial charge on any atom is -0.465 e. The Kier molecular flexibility index (Phi) is 2.32. The highest BCUT2D eigenvalue weighted by atomic mass is 16.4. The summed E-state index contributed by atoms with van der Waals surface area (Å²) in [5, 5.41) is 8.74. The number of hydrogen-bond donors (Lipinski definition) is 1. The van der Waals surface area contributed by atoms with Gasteiger partial charge in [0.1, 0.15) is 6.26 Å². The first-order valence-electron chi connectivity index (χ1n) is 3.54. The molecule has 1 N–H and O–H groups in total. The molecule has 5 heteroatoms. The average molecular weight is 170 g/mol. The Morgan fingerprint density at radius 1 is 1.75 bits per heavy atom. The molecule has 0 saturated carbocycles. The molecule has 66 valence electrons. The Hall–Kier alpha value is -1.52. The highest BCUT2D eigenvalue weighted by molar-refractivity contribution is 5.83. The molecule has 1 aromatic rings. The molecule has 1 aromatic heterocycles. The van der Waals surface area contributed by atoms with Crippen molar-refractivity contribution in [1.82, 2.24) is 4.98 Å². The van der Waals surface area contributed by atoms with Crippen LogP contribution in [0, 0.1) is 0 Å². The fourth-order valence-corrected chi connectivity index (χ4v) is 0.858. The third-order valence-electron chi connectivity index (χ3n) is 1.35. The maximum atomic E-state index is 10.7. The van der Waals surface area contributed by atoms with Gasteiger partial charge >= 0.3 is 12.1 Å². The van der Waals surface area contributed by atoms with E-state index in [4.69, 9.17) is 9.52 Å². The Bertz CT molecular complexity index is 256. The van der Waals surface area contributed by atoms with E-state index in [0.717, 1.165) is 4.90 Å². The van der Waals surface area contributed by atoms with Crippen molar-refractivity contribution >= 4 is 12.1 Å².